The van der Waals surface area contributed by atoms with E-state index in [0.717, 1.165) is 34.6 Å². The SMILES string of the molecule is CSc1nc(-c2ncc(Br)cc2Cl)nn1COCC[Si](C)(C)C.C[Si](C)(C)CCOCn1nc(-c2ncc(Br)cc2Cl)nc1S(C)(=O)=O. The van der Waals surface area contributed by atoms with Gasteiger partial charge in [0, 0.05) is 57.0 Å². The maximum absolute atomic E-state index is 12.0. The molecule has 0 radical (unpaired) electrons. The van der Waals surface area contributed by atoms with Gasteiger partial charge in [-0.25, -0.2) is 17.8 Å². The summed E-state index contributed by atoms with van der Waals surface area (Å²) in [6.45, 7) is 15.4. The monoisotopic (exact) mass is 900 g/mol. The van der Waals surface area contributed by atoms with Crippen molar-refractivity contribution in [2.45, 2.75) is 75.1 Å². The van der Waals surface area contributed by atoms with Crippen LogP contribution in [0.1, 0.15) is 0 Å². The third-order valence-corrected chi connectivity index (χ3v) is 12.7. The number of hydrogen-bond acceptors (Lipinski definition) is 11. The van der Waals surface area contributed by atoms with Gasteiger partial charge >= 0.3 is 0 Å². The van der Waals surface area contributed by atoms with Gasteiger partial charge < -0.3 is 9.47 Å². The molecule has 0 amide bonds. The highest BCUT2D eigenvalue weighted by Crippen LogP contribution is 2.28. The lowest BCUT2D eigenvalue weighted by molar-refractivity contribution is 0.0715. The zero-order chi connectivity index (χ0) is 35.9. The largest absolute Gasteiger partial charge is 0.359 e. The Morgan fingerprint density at radius 3 is 1.65 bits per heavy atom. The average molecular weight is 904 g/mol. The topological polar surface area (TPSA) is 140 Å². The van der Waals surface area contributed by atoms with Crippen LogP contribution in [0.2, 0.25) is 61.4 Å². The van der Waals surface area contributed by atoms with Gasteiger partial charge in [0.15, 0.2) is 5.16 Å². The minimum Gasteiger partial charge on any atom is -0.359 e. The Morgan fingerprint density at radius 1 is 0.792 bits per heavy atom. The van der Waals surface area contributed by atoms with Crippen molar-refractivity contribution in [2.75, 3.05) is 25.7 Å². The van der Waals surface area contributed by atoms with E-state index >= 15 is 0 Å². The number of pyridine rings is 2. The van der Waals surface area contributed by atoms with Crippen LogP contribution in [-0.2, 0) is 32.8 Å². The molecule has 0 saturated heterocycles. The number of halogens is 4. The quantitative estimate of drug-likeness (QED) is 0.0687. The fraction of sp³-hybridized carbons (Fsp3) is 0.500. The molecule has 0 aliphatic rings. The van der Waals surface area contributed by atoms with E-state index in [9.17, 15) is 8.42 Å². The minimum atomic E-state index is -3.57. The Labute approximate surface area is 315 Å². The second-order valence-corrected chi connectivity index (χ2v) is 29.6. The zero-order valence-corrected chi connectivity index (χ0v) is 36.4. The first kappa shape index (κ1) is 41.2. The van der Waals surface area contributed by atoms with Crippen molar-refractivity contribution in [2.24, 2.45) is 0 Å². The van der Waals surface area contributed by atoms with Gasteiger partial charge in [0.2, 0.25) is 26.6 Å². The Morgan fingerprint density at radius 2 is 1.23 bits per heavy atom. The maximum atomic E-state index is 12.0. The Bertz CT molecular complexity index is 1800. The number of aromatic nitrogens is 8. The first-order valence-electron chi connectivity index (χ1n) is 14.7. The van der Waals surface area contributed by atoms with Gasteiger partial charge in [0.1, 0.15) is 24.8 Å². The molecule has 0 N–H and O–H groups in total. The maximum Gasteiger partial charge on any atom is 0.248 e. The lowest BCUT2D eigenvalue weighted by Crippen LogP contribution is -2.22. The van der Waals surface area contributed by atoms with Crippen LogP contribution in [0.4, 0.5) is 0 Å². The third-order valence-electron chi connectivity index (χ3n) is 6.25. The molecule has 0 fully saturated rings. The number of nitrogens with zero attached hydrogens (tertiary/aromatic N) is 8. The smallest absolute Gasteiger partial charge is 0.248 e. The fourth-order valence-corrected chi connectivity index (χ4v) is 7.82. The lowest BCUT2D eigenvalue weighted by Gasteiger charge is -2.15. The van der Waals surface area contributed by atoms with E-state index in [1.807, 2.05) is 6.26 Å². The summed E-state index contributed by atoms with van der Waals surface area (Å²) in [5.74, 6) is 0.660. The lowest BCUT2D eigenvalue weighted by atomic mass is 10.3. The summed E-state index contributed by atoms with van der Waals surface area (Å²) >= 11 is 20.5. The molecule has 4 heterocycles. The number of rotatable bonds is 14. The van der Waals surface area contributed by atoms with Crippen LogP contribution in [-0.4, -0.2) is 89.8 Å². The Kier molecular flexibility index (Phi) is 15.3. The molecule has 0 aromatic carbocycles. The number of ether oxygens (including phenoxy) is 2. The average Bonchev–Trinajstić information content (AvgIpc) is 3.57. The molecular formula is C28H40Br2Cl2N8O4S2Si2. The summed E-state index contributed by atoms with van der Waals surface area (Å²) in [6.07, 6.45) is 6.27. The Hall–Kier alpha value is -1.23. The van der Waals surface area contributed by atoms with Crippen molar-refractivity contribution in [1.29, 1.82) is 0 Å². The summed E-state index contributed by atoms with van der Waals surface area (Å²) < 4.78 is 39.9. The molecule has 4 rings (SSSR count). The van der Waals surface area contributed by atoms with Gasteiger partial charge in [-0.2, -0.15) is 9.97 Å². The van der Waals surface area contributed by atoms with Gasteiger partial charge in [-0.3, -0.25) is 9.97 Å². The molecule has 0 aliphatic carbocycles. The van der Waals surface area contributed by atoms with E-state index in [4.69, 9.17) is 32.7 Å². The molecular weight excluding hydrogens is 863 g/mol. The minimum absolute atomic E-state index is 0.00797. The van der Waals surface area contributed by atoms with Gasteiger partial charge in [0.05, 0.1) is 10.0 Å². The molecule has 0 atom stereocenters. The van der Waals surface area contributed by atoms with E-state index < -0.39 is 26.0 Å². The predicted molar refractivity (Wildman–Crippen MR) is 205 cm³/mol. The van der Waals surface area contributed by atoms with Crippen molar-refractivity contribution < 1.29 is 17.9 Å². The molecule has 12 nitrogen and oxygen atoms in total. The summed E-state index contributed by atoms with van der Waals surface area (Å²) in [5.41, 5.74) is 0.890. The summed E-state index contributed by atoms with van der Waals surface area (Å²) in [6, 6.07) is 5.54. The predicted octanol–water partition coefficient (Wildman–Crippen LogP) is 8.26. The van der Waals surface area contributed by atoms with Crippen molar-refractivity contribution in [3.8, 4) is 23.0 Å². The number of hydrogen-bond donors (Lipinski definition) is 0. The van der Waals surface area contributed by atoms with Crippen molar-refractivity contribution >= 4 is 92.8 Å². The fourth-order valence-electron chi connectivity index (χ4n) is 3.67. The van der Waals surface area contributed by atoms with Crippen molar-refractivity contribution in [3.05, 3.63) is 43.5 Å². The van der Waals surface area contributed by atoms with Gasteiger partial charge in [-0.05, 0) is 62.3 Å². The molecule has 4 aromatic heterocycles. The molecule has 48 heavy (non-hydrogen) atoms. The molecule has 0 spiro atoms. The van der Waals surface area contributed by atoms with E-state index in [1.165, 1.54) is 16.4 Å². The van der Waals surface area contributed by atoms with Gasteiger partial charge in [0.25, 0.3) is 0 Å². The van der Waals surface area contributed by atoms with E-state index in [1.54, 1.807) is 29.2 Å². The van der Waals surface area contributed by atoms with Crippen molar-refractivity contribution in [3.63, 3.8) is 0 Å². The third kappa shape index (κ3) is 13.1. The molecule has 0 aliphatic heterocycles. The first-order chi connectivity index (χ1) is 22.3. The van der Waals surface area contributed by atoms with Crippen LogP contribution in [0, 0.1) is 0 Å². The number of sulfone groups is 1. The molecule has 0 saturated carbocycles. The zero-order valence-electron chi connectivity index (χ0n) is 28.1. The molecule has 4 aromatic rings. The molecule has 0 unspecified atom stereocenters. The van der Waals surface area contributed by atoms with E-state index in [0.29, 0.717) is 45.1 Å². The molecule has 20 heteroatoms. The van der Waals surface area contributed by atoms with Crippen LogP contribution in [0.3, 0.4) is 0 Å². The van der Waals surface area contributed by atoms with E-state index in [2.05, 4.69) is 101 Å². The van der Waals surface area contributed by atoms with E-state index in [-0.39, 0.29) is 17.7 Å². The number of thioether (sulfide) groups is 1. The first-order valence-corrected chi connectivity index (χ1v) is 27.6. The van der Waals surface area contributed by atoms with Crippen LogP contribution in [0.5, 0.6) is 0 Å². The van der Waals surface area contributed by atoms with Crippen LogP contribution in [0.15, 0.2) is 43.8 Å². The highest BCUT2D eigenvalue weighted by atomic mass is 79.9. The highest BCUT2D eigenvalue weighted by molar-refractivity contribution is 9.10. The standard InChI is InChI=1S/C14H20BrClN4O3SSi.C14H20BrClN4OSSi/c1-24(21,22)14-18-13(12-11(16)7-10(15)8-17-12)19-20(14)9-23-5-6-25(2,3)4;1-22-14-18-13(12-11(16)7-10(15)8-17-12)19-20(14)9-21-5-6-23(2,3)4/h7-8H,5-6,9H2,1-4H3;7-8H,5-6,9H2,1-4H3. The van der Waals surface area contributed by atoms with Gasteiger partial charge in [-0.15, -0.1) is 10.2 Å². The molecule has 0 bridgehead atoms. The normalized spacial score (nSPS) is 12.2. The van der Waals surface area contributed by atoms with Crippen LogP contribution < -0.4 is 0 Å². The van der Waals surface area contributed by atoms with Crippen LogP contribution >= 0.6 is 66.8 Å². The second kappa shape index (κ2) is 17.8. The van der Waals surface area contributed by atoms with Crippen molar-refractivity contribution in [1.82, 2.24) is 39.5 Å². The summed E-state index contributed by atoms with van der Waals surface area (Å²) in [7, 11) is -5.88. The van der Waals surface area contributed by atoms with Gasteiger partial charge in [-0.1, -0.05) is 74.2 Å². The van der Waals surface area contributed by atoms with Crippen LogP contribution in [0.25, 0.3) is 23.0 Å². The summed E-state index contributed by atoms with van der Waals surface area (Å²) in [5, 5.41) is 10.2. The highest BCUT2D eigenvalue weighted by Gasteiger charge is 2.23. The molecule has 264 valence electrons. The summed E-state index contributed by atoms with van der Waals surface area (Å²) in [4.78, 5) is 17.1. The second-order valence-electron chi connectivity index (χ2n) is 13.1. The Balaban J connectivity index is 0.000000261.